The van der Waals surface area contributed by atoms with E-state index in [1.165, 1.54) is 13.8 Å². The molecule has 8 nitrogen and oxygen atoms in total. The molecule has 0 aliphatic heterocycles. The number of rotatable bonds is 9. The third-order valence-electron chi connectivity index (χ3n) is 1.90. The molecule has 0 heterocycles. The molecule has 2 atom stereocenters. The highest BCUT2D eigenvalue weighted by molar-refractivity contribution is 7.83. The standard InChI is InChI=1S/C10H26O8S2Si2/c1-9(15-19(11,12)17-21(3,4)5)10(2)16-20(13,14)18-22(6,7)8/h9-10H,1-8H3. The summed E-state index contributed by atoms with van der Waals surface area (Å²) in [6.07, 6.45) is -2.11. The summed E-state index contributed by atoms with van der Waals surface area (Å²) in [6, 6.07) is 0. The van der Waals surface area contributed by atoms with Gasteiger partial charge in [0.1, 0.15) is 12.2 Å². The van der Waals surface area contributed by atoms with E-state index in [-0.39, 0.29) is 0 Å². The van der Waals surface area contributed by atoms with Gasteiger partial charge < -0.3 is 0 Å². The smallest absolute Gasteiger partial charge is 0.294 e. The van der Waals surface area contributed by atoms with Crippen LogP contribution in [0.3, 0.4) is 0 Å². The maximum atomic E-state index is 11.7. The van der Waals surface area contributed by atoms with Crippen molar-refractivity contribution in [1.29, 1.82) is 0 Å². The van der Waals surface area contributed by atoms with E-state index in [0.29, 0.717) is 0 Å². The predicted molar refractivity (Wildman–Crippen MR) is 87.8 cm³/mol. The average Bonchev–Trinajstić information content (AvgIpc) is 2.06. The second kappa shape index (κ2) is 7.38. The molecule has 0 radical (unpaired) electrons. The van der Waals surface area contributed by atoms with Crippen molar-refractivity contribution in [3.63, 3.8) is 0 Å². The van der Waals surface area contributed by atoms with E-state index in [9.17, 15) is 16.8 Å². The van der Waals surface area contributed by atoms with Crippen molar-refractivity contribution in [2.75, 3.05) is 0 Å². The molecule has 134 valence electrons. The van der Waals surface area contributed by atoms with E-state index in [1.807, 2.05) is 0 Å². The molecule has 0 amide bonds. The van der Waals surface area contributed by atoms with Crippen molar-refractivity contribution in [2.24, 2.45) is 0 Å². The zero-order chi connectivity index (χ0) is 18.0. The maximum Gasteiger partial charge on any atom is 0.390 e. The Hall–Kier alpha value is 0.174. The van der Waals surface area contributed by atoms with Gasteiger partial charge in [0.05, 0.1) is 0 Å². The van der Waals surface area contributed by atoms with E-state index in [2.05, 4.69) is 0 Å². The molecule has 0 aliphatic carbocycles. The molecule has 0 bridgehead atoms. The lowest BCUT2D eigenvalue weighted by Gasteiger charge is -2.23. The van der Waals surface area contributed by atoms with Crippen LogP contribution in [-0.2, 0) is 36.9 Å². The molecule has 2 unspecified atom stereocenters. The fourth-order valence-electron chi connectivity index (χ4n) is 1.18. The molecule has 0 aromatic rings. The van der Waals surface area contributed by atoms with Crippen LogP contribution in [0.4, 0.5) is 0 Å². The van der Waals surface area contributed by atoms with Gasteiger partial charge in [0.25, 0.3) is 0 Å². The van der Waals surface area contributed by atoms with Gasteiger partial charge in [0.2, 0.25) is 16.6 Å². The number of hydrogen-bond donors (Lipinski definition) is 0. The zero-order valence-corrected chi connectivity index (χ0v) is 17.9. The summed E-state index contributed by atoms with van der Waals surface area (Å²) in [4.78, 5) is 0. The summed E-state index contributed by atoms with van der Waals surface area (Å²) in [5.74, 6) is 0. The van der Waals surface area contributed by atoms with Crippen LogP contribution in [0.2, 0.25) is 39.3 Å². The van der Waals surface area contributed by atoms with Gasteiger partial charge in [-0.1, -0.05) is 0 Å². The third-order valence-corrected chi connectivity index (χ3v) is 8.62. The lowest BCUT2D eigenvalue weighted by Crippen LogP contribution is -2.37. The highest BCUT2D eigenvalue weighted by atomic mass is 32.3. The van der Waals surface area contributed by atoms with Crippen LogP contribution in [0.1, 0.15) is 13.8 Å². The topological polar surface area (TPSA) is 105 Å². The molecule has 0 saturated carbocycles. The summed E-state index contributed by atoms with van der Waals surface area (Å²) in [5.41, 5.74) is 0. The Bertz CT molecular complexity index is 507. The van der Waals surface area contributed by atoms with Gasteiger partial charge >= 0.3 is 20.8 Å². The Balaban J connectivity index is 4.79. The van der Waals surface area contributed by atoms with Gasteiger partial charge in [0, 0.05) is 0 Å². The van der Waals surface area contributed by atoms with Gasteiger partial charge in [-0.2, -0.15) is 16.8 Å². The van der Waals surface area contributed by atoms with Crippen molar-refractivity contribution >= 4 is 37.4 Å². The van der Waals surface area contributed by atoms with Crippen LogP contribution in [0.5, 0.6) is 0 Å². The molecule has 0 spiro atoms. The van der Waals surface area contributed by atoms with Crippen molar-refractivity contribution in [3.8, 4) is 0 Å². The van der Waals surface area contributed by atoms with Crippen molar-refractivity contribution < 1.29 is 32.9 Å². The second-order valence-electron chi connectivity index (χ2n) is 6.81. The first-order chi connectivity index (χ1) is 9.43. The Kier molecular flexibility index (Phi) is 7.44. The molecule has 0 aliphatic rings. The highest BCUT2D eigenvalue weighted by Gasteiger charge is 2.32. The fourth-order valence-corrected chi connectivity index (χ4v) is 7.45. The Morgan fingerprint density at radius 1 is 0.636 bits per heavy atom. The summed E-state index contributed by atoms with van der Waals surface area (Å²) in [6.45, 7) is 12.9. The lowest BCUT2D eigenvalue weighted by molar-refractivity contribution is 0.0701. The maximum absolute atomic E-state index is 11.7. The van der Waals surface area contributed by atoms with Crippen LogP contribution >= 0.6 is 0 Å². The van der Waals surface area contributed by atoms with Gasteiger partial charge in [0.15, 0.2) is 0 Å². The summed E-state index contributed by atoms with van der Waals surface area (Å²) in [7, 11) is -13.2. The Labute approximate surface area is 136 Å². The summed E-state index contributed by atoms with van der Waals surface area (Å²) in [5, 5.41) is 0. The van der Waals surface area contributed by atoms with Crippen molar-refractivity contribution in [1.82, 2.24) is 0 Å². The quantitative estimate of drug-likeness (QED) is 0.547. The highest BCUT2D eigenvalue weighted by Crippen LogP contribution is 2.17. The van der Waals surface area contributed by atoms with E-state index in [0.717, 1.165) is 0 Å². The van der Waals surface area contributed by atoms with Crippen LogP contribution in [0.15, 0.2) is 0 Å². The molecular weight excluding hydrogens is 368 g/mol. The van der Waals surface area contributed by atoms with Gasteiger partial charge in [-0.25, -0.2) is 8.37 Å². The first-order valence-corrected chi connectivity index (χ1v) is 16.2. The largest absolute Gasteiger partial charge is 0.390 e. The van der Waals surface area contributed by atoms with Crippen LogP contribution in [-0.4, -0.2) is 45.7 Å². The minimum atomic E-state index is -4.22. The van der Waals surface area contributed by atoms with E-state index in [1.54, 1.807) is 39.3 Å². The molecule has 0 aromatic heterocycles. The van der Waals surface area contributed by atoms with Crippen molar-refractivity contribution in [3.05, 3.63) is 0 Å². The minimum Gasteiger partial charge on any atom is -0.294 e. The molecule has 0 N–H and O–H groups in total. The summed E-state index contributed by atoms with van der Waals surface area (Å²) < 4.78 is 66.3. The van der Waals surface area contributed by atoms with Crippen LogP contribution in [0.25, 0.3) is 0 Å². The van der Waals surface area contributed by atoms with Crippen LogP contribution in [0, 0.1) is 0 Å². The Morgan fingerprint density at radius 2 is 0.864 bits per heavy atom. The van der Waals surface area contributed by atoms with E-state index >= 15 is 0 Å². The molecule has 12 heteroatoms. The molecule has 0 saturated heterocycles. The zero-order valence-electron chi connectivity index (χ0n) is 14.2. The third kappa shape index (κ3) is 10.8. The fraction of sp³-hybridized carbons (Fsp3) is 1.00. The van der Waals surface area contributed by atoms with Crippen LogP contribution < -0.4 is 0 Å². The molecular formula is C10H26O8S2Si2. The predicted octanol–water partition coefficient (Wildman–Crippen LogP) is 1.99. The normalized spacial score (nSPS) is 17.3. The van der Waals surface area contributed by atoms with E-state index in [4.69, 9.17) is 16.1 Å². The molecule has 0 rings (SSSR count). The van der Waals surface area contributed by atoms with Crippen molar-refractivity contribution in [2.45, 2.75) is 65.3 Å². The SMILES string of the molecule is CC(OS(=O)(=O)O[Si](C)(C)C)C(C)OS(=O)(=O)O[Si](C)(C)C. The van der Waals surface area contributed by atoms with Gasteiger partial charge in [-0.15, -0.1) is 0 Å². The molecule has 0 fully saturated rings. The Morgan fingerprint density at radius 3 is 1.05 bits per heavy atom. The first kappa shape index (κ1) is 22.2. The first-order valence-electron chi connectivity index (χ1n) is 6.70. The average molecular weight is 395 g/mol. The second-order valence-corrected chi connectivity index (χ2v) is 18.6. The van der Waals surface area contributed by atoms with Gasteiger partial charge in [-0.3, -0.25) is 7.74 Å². The summed E-state index contributed by atoms with van der Waals surface area (Å²) >= 11 is 0. The number of hydrogen-bond acceptors (Lipinski definition) is 8. The van der Waals surface area contributed by atoms with Gasteiger partial charge in [-0.05, 0) is 53.1 Å². The monoisotopic (exact) mass is 394 g/mol. The lowest BCUT2D eigenvalue weighted by atomic mass is 10.3. The minimum absolute atomic E-state index is 1.05. The molecule has 0 aromatic carbocycles. The van der Waals surface area contributed by atoms with E-state index < -0.39 is 49.6 Å². The molecule has 22 heavy (non-hydrogen) atoms.